The predicted molar refractivity (Wildman–Crippen MR) is 99.9 cm³/mol. The molecule has 7 heteroatoms. The molecule has 0 bridgehead atoms. The molecular formula is C19H24N6O. The largest absolute Gasteiger partial charge is 0.365 e. The number of carbonyl (C=O) groups is 1. The summed E-state index contributed by atoms with van der Waals surface area (Å²) < 4.78 is 1.76. The Hall–Kier alpha value is -2.85. The smallest absolute Gasteiger partial charge is 0.254 e. The fraction of sp³-hybridized carbons (Fsp3) is 0.421. The maximum Gasteiger partial charge on any atom is 0.254 e. The number of anilines is 2. The zero-order chi connectivity index (χ0) is 18.6. The van der Waals surface area contributed by atoms with Gasteiger partial charge in [-0.25, -0.2) is 0 Å². The van der Waals surface area contributed by atoms with Crippen molar-refractivity contribution in [3.8, 4) is 6.07 Å². The van der Waals surface area contributed by atoms with Gasteiger partial charge in [0.2, 0.25) is 0 Å². The molecule has 0 radical (unpaired) electrons. The number of nitrogens with zero attached hydrogens (tertiary/aromatic N) is 3. The minimum Gasteiger partial charge on any atom is -0.365 e. The number of nitrogens with two attached hydrogens (primary N) is 1. The van der Waals surface area contributed by atoms with Crippen molar-refractivity contribution in [2.75, 3.05) is 18.4 Å². The van der Waals surface area contributed by atoms with Crippen LogP contribution in [0.3, 0.4) is 0 Å². The SMILES string of the molecule is CC(CC#N)(C1CCNCC1)n1cc(C(N)=O)c(Nc2ccccc2)n1. The molecule has 1 atom stereocenters. The Bertz CT molecular complexity index is 803. The molecule has 1 unspecified atom stereocenters. The van der Waals surface area contributed by atoms with E-state index in [9.17, 15) is 10.1 Å². The first-order valence-corrected chi connectivity index (χ1v) is 8.84. The van der Waals surface area contributed by atoms with E-state index in [0.29, 0.717) is 23.7 Å². The zero-order valence-electron chi connectivity index (χ0n) is 14.9. The third kappa shape index (κ3) is 3.55. The number of hydrogen-bond donors (Lipinski definition) is 3. The lowest BCUT2D eigenvalue weighted by Crippen LogP contribution is -2.44. The first-order valence-electron chi connectivity index (χ1n) is 8.84. The zero-order valence-corrected chi connectivity index (χ0v) is 14.9. The molecule has 136 valence electrons. The summed E-state index contributed by atoms with van der Waals surface area (Å²) in [6, 6.07) is 11.8. The molecular weight excluding hydrogens is 328 g/mol. The molecule has 3 rings (SSSR count). The van der Waals surface area contributed by atoms with Gasteiger partial charge in [0, 0.05) is 11.9 Å². The third-order valence-electron chi connectivity index (χ3n) is 5.20. The van der Waals surface area contributed by atoms with Crippen molar-refractivity contribution < 1.29 is 4.79 Å². The molecule has 1 amide bonds. The average molecular weight is 352 g/mol. The Balaban J connectivity index is 1.98. The number of nitrogens with one attached hydrogen (secondary N) is 2. The second kappa shape index (κ2) is 7.58. The summed E-state index contributed by atoms with van der Waals surface area (Å²) in [6.07, 6.45) is 3.92. The molecule has 0 aliphatic carbocycles. The number of piperidine rings is 1. The van der Waals surface area contributed by atoms with Crippen molar-refractivity contribution in [3.63, 3.8) is 0 Å². The summed E-state index contributed by atoms with van der Waals surface area (Å²) in [6.45, 7) is 3.88. The number of nitriles is 1. The Morgan fingerprint density at radius 3 is 2.73 bits per heavy atom. The van der Waals surface area contributed by atoms with E-state index in [1.165, 1.54) is 0 Å². The topological polar surface area (TPSA) is 109 Å². The van der Waals surface area contributed by atoms with E-state index in [1.807, 2.05) is 37.3 Å². The normalized spacial score (nSPS) is 17.2. The molecule has 1 aromatic carbocycles. The second-order valence-electron chi connectivity index (χ2n) is 6.91. The maximum absolute atomic E-state index is 11.9. The molecule has 1 aliphatic heterocycles. The van der Waals surface area contributed by atoms with E-state index in [4.69, 9.17) is 5.73 Å². The van der Waals surface area contributed by atoms with Crippen molar-refractivity contribution in [3.05, 3.63) is 42.1 Å². The number of carbonyl (C=O) groups excluding carboxylic acids is 1. The van der Waals surface area contributed by atoms with Crippen molar-refractivity contribution in [2.45, 2.75) is 31.7 Å². The average Bonchev–Trinajstić information content (AvgIpc) is 3.08. The second-order valence-corrected chi connectivity index (χ2v) is 6.91. The first-order chi connectivity index (χ1) is 12.5. The lowest BCUT2D eigenvalue weighted by molar-refractivity contribution is 0.0999. The number of amides is 1. The summed E-state index contributed by atoms with van der Waals surface area (Å²) in [4.78, 5) is 11.9. The van der Waals surface area contributed by atoms with Gasteiger partial charge in [0.1, 0.15) is 5.56 Å². The molecule has 2 aromatic rings. The van der Waals surface area contributed by atoms with Crippen LogP contribution in [0.4, 0.5) is 11.5 Å². The Morgan fingerprint density at radius 2 is 2.12 bits per heavy atom. The van der Waals surface area contributed by atoms with Crippen LogP contribution in [-0.2, 0) is 5.54 Å². The highest BCUT2D eigenvalue weighted by atomic mass is 16.1. The molecule has 7 nitrogen and oxygen atoms in total. The van der Waals surface area contributed by atoms with Crippen LogP contribution in [0.15, 0.2) is 36.5 Å². The van der Waals surface area contributed by atoms with Crippen molar-refractivity contribution in [1.82, 2.24) is 15.1 Å². The van der Waals surface area contributed by atoms with Crippen molar-refractivity contribution in [2.24, 2.45) is 11.7 Å². The molecule has 1 aliphatic rings. The van der Waals surface area contributed by atoms with Crippen LogP contribution in [0.5, 0.6) is 0 Å². The number of para-hydroxylation sites is 1. The van der Waals surface area contributed by atoms with Gasteiger partial charge in [-0.1, -0.05) is 18.2 Å². The number of hydrogen-bond acceptors (Lipinski definition) is 5. The quantitative estimate of drug-likeness (QED) is 0.739. The van der Waals surface area contributed by atoms with E-state index in [0.717, 1.165) is 31.6 Å². The standard InChI is InChI=1S/C19H24N6O/c1-19(9-10-20,14-7-11-22-12-8-14)25-13-16(17(21)26)18(24-25)23-15-5-3-2-4-6-15/h2-6,13-14,22H,7-9,11-12H2,1H3,(H2,21,26)(H,23,24). The Labute approximate surface area is 153 Å². The van der Waals surface area contributed by atoms with Gasteiger partial charge >= 0.3 is 0 Å². The molecule has 4 N–H and O–H groups in total. The van der Waals surface area contributed by atoms with Gasteiger partial charge in [-0.3, -0.25) is 9.48 Å². The highest BCUT2D eigenvalue weighted by Gasteiger charge is 2.38. The van der Waals surface area contributed by atoms with Crippen LogP contribution in [0, 0.1) is 17.2 Å². The molecule has 2 heterocycles. The first kappa shape index (κ1) is 18.0. The van der Waals surface area contributed by atoms with Crippen LogP contribution in [0.2, 0.25) is 0 Å². The summed E-state index contributed by atoms with van der Waals surface area (Å²) in [7, 11) is 0. The van der Waals surface area contributed by atoms with Crippen molar-refractivity contribution in [1.29, 1.82) is 5.26 Å². The van der Waals surface area contributed by atoms with Crippen LogP contribution < -0.4 is 16.4 Å². The Morgan fingerprint density at radius 1 is 1.42 bits per heavy atom. The van der Waals surface area contributed by atoms with Gasteiger partial charge in [0.25, 0.3) is 5.91 Å². The third-order valence-corrected chi connectivity index (χ3v) is 5.20. The van der Waals surface area contributed by atoms with Crippen molar-refractivity contribution >= 4 is 17.4 Å². The van der Waals surface area contributed by atoms with Gasteiger partial charge < -0.3 is 16.4 Å². The maximum atomic E-state index is 11.9. The van der Waals surface area contributed by atoms with E-state index >= 15 is 0 Å². The van der Waals surface area contributed by atoms with E-state index in [1.54, 1.807) is 10.9 Å². The van der Waals surface area contributed by atoms with Crippen LogP contribution in [-0.4, -0.2) is 28.8 Å². The molecule has 1 saturated heterocycles. The lowest BCUT2D eigenvalue weighted by Gasteiger charge is -2.38. The number of primary amides is 1. The summed E-state index contributed by atoms with van der Waals surface area (Å²) in [5, 5.41) is 20.5. The molecule has 26 heavy (non-hydrogen) atoms. The van der Waals surface area contributed by atoms with Gasteiger partial charge in [0.15, 0.2) is 5.82 Å². The molecule has 0 spiro atoms. The van der Waals surface area contributed by atoms with Gasteiger partial charge in [0.05, 0.1) is 18.0 Å². The fourth-order valence-corrected chi connectivity index (χ4v) is 3.58. The van der Waals surface area contributed by atoms with Crippen LogP contribution in [0.1, 0.15) is 36.5 Å². The molecule has 1 aromatic heterocycles. The van der Waals surface area contributed by atoms with Crippen LogP contribution >= 0.6 is 0 Å². The Kier molecular flexibility index (Phi) is 5.24. The summed E-state index contributed by atoms with van der Waals surface area (Å²) in [5.74, 6) is 0.176. The van der Waals surface area contributed by atoms with E-state index in [2.05, 4.69) is 21.8 Å². The lowest BCUT2D eigenvalue weighted by atomic mass is 9.77. The van der Waals surface area contributed by atoms with Gasteiger partial charge in [-0.15, -0.1) is 0 Å². The molecule has 0 saturated carbocycles. The van der Waals surface area contributed by atoms with E-state index in [-0.39, 0.29) is 0 Å². The molecule has 1 fully saturated rings. The summed E-state index contributed by atoms with van der Waals surface area (Å²) >= 11 is 0. The predicted octanol–water partition coefficient (Wildman–Crippen LogP) is 2.35. The minimum atomic E-state index is -0.542. The van der Waals surface area contributed by atoms with Crippen LogP contribution in [0.25, 0.3) is 0 Å². The van der Waals surface area contributed by atoms with Gasteiger partial charge in [-0.2, -0.15) is 10.4 Å². The number of aromatic nitrogens is 2. The fourth-order valence-electron chi connectivity index (χ4n) is 3.58. The van der Waals surface area contributed by atoms with Gasteiger partial charge in [-0.05, 0) is 50.9 Å². The highest BCUT2D eigenvalue weighted by molar-refractivity contribution is 5.98. The number of rotatable bonds is 6. The highest BCUT2D eigenvalue weighted by Crippen LogP contribution is 2.36. The summed E-state index contributed by atoms with van der Waals surface area (Å²) in [5.41, 5.74) is 6.23. The number of benzene rings is 1. The van der Waals surface area contributed by atoms with E-state index < -0.39 is 11.4 Å². The minimum absolute atomic E-state index is 0.300. The monoisotopic (exact) mass is 352 g/mol.